The molecule has 1 aromatic carbocycles. The van der Waals surface area contributed by atoms with Crippen molar-refractivity contribution in [3.63, 3.8) is 0 Å². The maximum atomic E-state index is 11.6. The van der Waals surface area contributed by atoms with Crippen LogP contribution in [0.5, 0.6) is 5.75 Å². The number of hydroxylamine groups is 2. The molecule has 1 aromatic rings. The lowest BCUT2D eigenvalue weighted by Gasteiger charge is -2.14. The van der Waals surface area contributed by atoms with Crippen LogP contribution in [0.25, 0.3) is 0 Å². The van der Waals surface area contributed by atoms with Gasteiger partial charge in [-0.25, -0.2) is 9.69 Å². The Morgan fingerprint density at radius 3 is 1.97 bits per heavy atom. The molecule has 0 unspecified atom stereocenters. The minimum atomic E-state index is -0.719. The number of rotatable bonds is 12. The van der Waals surface area contributed by atoms with Crippen LogP contribution in [0.3, 0.4) is 0 Å². The third kappa shape index (κ3) is 6.22. The second kappa shape index (κ2) is 11.2. The topological polar surface area (TPSA) is 129 Å². The molecule has 170 valence electrons. The van der Waals surface area contributed by atoms with Crippen LogP contribution >= 0.6 is 0 Å². The van der Waals surface area contributed by atoms with Gasteiger partial charge in [-0.2, -0.15) is 0 Å². The van der Waals surface area contributed by atoms with Crippen LogP contribution in [-0.2, 0) is 38.3 Å². The lowest BCUT2D eigenvalue weighted by atomic mass is 10.3. The van der Waals surface area contributed by atoms with Gasteiger partial charge in [-0.3, -0.25) is 19.2 Å². The number of carbonyl (C=O) groups is 5. The zero-order valence-electron chi connectivity index (χ0n) is 17.2. The van der Waals surface area contributed by atoms with Gasteiger partial charge in [0.25, 0.3) is 23.6 Å². The lowest BCUT2D eigenvalue weighted by Crippen LogP contribution is -2.32. The summed E-state index contributed by atoms with van der Waals surface area (Å²) in [4.78, 5) is 63.4. The number of imide groups is 2. The quantitative estimate of drug-likeness (QED) is 0.333. The molecule has 1 saturated heterocycles. The SMILES string of the molecule is O=C(CCOCCOCCOc1ccc(N2C(=O)C=CC2=O)cc1)ON1C(=O)CCC1=O. The zero-order valence-corrected chi connectivity index (χ0v) is 17.2. The van der Waals surface area contributed by atoms with Crippen LogP contribution < -0.4 is 9.64 Å². The van der Waals surface area contributed by atoms with E-state index in [1.807, 2.05) is 0 Å². The van der Waals surface area contributed by atoms with E-state index in [0.717, 1.165) is 4.90 Å². The number of carbonyl (C=O) groups excluding carboxylic acids is 5. The fourth-order valence-corrected chi connectivity index (χ4v) is 2.85. The van der Waals surface area contributed by atoms with Gasteiger partial charge < -0.3 is 19.0 Å². The monoisotopic (exact) mass is 446 g/mol. The molecule has 11 nitrogen and oxygen atoms in total. The highest BCUT2D eigenvalue weighted by atomic mass is 16.7. The Labute approximate surface area is 183 Å². The number of nitrogens with zero attached hydrogens (tertiary/aromatic N) is 2. The maximum absolute atomic E-state index is 11.6. The number of hydrogen-bond donors (Lipinski definition) is 0. The second-order valence-corrected chi connectivity index (χ2v) is 6.71. The molecule has 1 fully saturated rings. The average Bonchev–Trinajstić information content (AvgIpc) is 3.28. The van der Waals surface area contributed by atoms with Crippen LogP contribution in [0.15, 0.2) is 36.4 Å². The van der Waals surface area contributed by atoms with Crippen LogP contribution in [-0.4, -0.2) is 67.7 Å². The standard InChI is InChI=1S/C21H22N2O9/c24-17-5-6-18(25)22(17)15-1-3-16(4-2-15)31-14-13-30-12-11-29-10-9-21(28)32-23-19(26)7-8-20(23)27/h1-6H,7-14H2. The van der Waals surface area contributed by atoms with Crippen molar-refractivity contribution in [3.05, 3.63) is 36.4 Å². The Kier molecular flexibility index (Phi) is 8.06. The first-order valence-corrected chi connectivity index (χ1v) is 9.97. The summed E-state index contributed by atoms with van der Waals surface area (Å²) in [7, 11) is 0. The predicted molar refractivity (Wildman–Crippen MR) is 107 cm³/mol. The molecule has 4 amide bonds. The smallest absolute Gasteiger partial charge is 0.335 e. The van der Waals surface area contributed by atoms with E-state index in [0.29, 0.717) is 23.1 Å². The van der Waals surface area contributed by atoms with Crippen molar-refractivity contribution in [1.82, 2.24) is 5.06 Å². The minimum absolute atomic E-state index is 0.0489. The third-order valence-electron chi connectivity index (χ3n) is 4.42. The summed E-state index contributed by atoms with van der Waals surface area (Å²) in [5.74, 6) is -1.96. The highest BCUT2D eigenvalue weighted by molar-refractivity contribution is 6.28. The first-order valence-electron chi connectivity index (χ1n) is 9.97. The molecule has 11 heteroatoms. The molecular formula is C21H22N2O9. The van der Waals surface area contributed by atoms with Crippen LogP contribution in [0, 0.1) is 0 Å². The summed E-state index contributed by atoms with van der Waals surface area (Å²) >= 11 is 0. The van der Waals surface area contributed by atoms with Crippen molar-refractivity contribution in [2.75, 3.05) is 37.9 Å². The summed E-state index contributed by atoms with van der Waals surface area (Å²) in [6.45, 7) is 1.19. The average molecular weight is 446 g/mol. The maximum Gasteiger partial charge on any atom is 0.335 e. The fourth-order valence-electron chi connectivity index (χ4n) is 2.85. The lowest BCUT2D eigenvalue weighted by molar-refractivity contribution is -0.198. The molecule has 2 aliphatic rings. The van der Waals surface area contributed by atoms with Crippen molar-refractivity contribution >= 4 is 35.3 Å². The Morgan fingerprint density at radius 1 is 0.781 bits per heavy atom. The number of amides is 4. The fraction of sp³-hybridized carbons (Fsp3) is 0.381. The molecule has 0 N–H and O–H groups in total. The van der Waals surface area contributed by atoms with Crippen LogP contribution in [0.2, 0.25) is 0 Å². The first kappa shape index (κ1) is 23.1. The van der Waals surface area contributed by atoms with Gasteiger partial charge in [-0.1, -0.05) is 0 Å². The molecule has 0 spiro atoms. The molecule has 32 heavy (non-hydrogen) atoms. The van der Waals surface area contributed by atoms with E-state index in [4.69, 9.17) is 19.0 Å². The molecular weight excluding hydrogens is 424 g/mol. The van der Waals surface area contributed by atoms with Gasteiger partial charge in [0.05, 0.1) is 38.5 Å². The van der Waals surface area contributed by atoms with Crippen molar-refractivity contribution in [1.29, 1.82) is 0 Å². The van der Waals surface area contributed by atoms with Gasteiger partial charge in [0.2, 0.25) is 0 Å². The van der Waals surface area contributed by atoms with E-state index in [-0.39, 0.29) is 57.5 Å². The normalized spacial score (nSPS) is 15.8. The van der Waals surface area contributed by atoms with Crippen molar-refractivity contribution in [2.45, 2.75) is 19.3 Å². The summed E-state index contributed by atoms with van der Waals surface area (Å²) in [5.41, 5.74) is 0.466. The minimum Gasteiger partial charge on any atom is -0.491 e. The Balaban J connectivity index is 1.20. The summed E-state index contributed by atoms with van der Waals surface area (Å²) in [6, 6.07) is 6.54. The van der Waals surface area contributed by atoms with Crippen LogP contribution in [0.1, 0.15) is 19.3 Å². The number of benzene rings is 1. The van der Waals surface area contributed by atoms with Gasteiger partial charge in [0.15, 0.2) is 0 Å². The van der Waals surface area contributed by atoms with Crippen molar-refractivity contribution in [2.24, 2.45) is 0 Å². The molecule has 0 bridgehead atoms. The summed E-state index contributed by atoms with van der Waals surface area (Å²) < 4.78 is 16.1. The molecule has 2 heterocycles. The van der Waals surface area contributed by atoms with E-state index in [2.05, 4.69) is 0 Å². The summed E-state index contributed by atoms with van der Waals surface area (Å²) in [5, 5.41) is 0.502. The van der Waals surface area contributed by atoms with Gasteiger partial charge in [-0.15, -0.1) is 5.06 Å². The predicted octanol–water partition coefficient (Wildman–Crippen LogP) is 0.525. The Morgan fingerprint density at radius 2 is 1.34 bits per heavy atom. The molecule has 0 radical (unpaired) electrons. The number of ether oxygens (including phenoxy) is 3. The second-order valence-electron chi connectivity index (χ2n) is 6.71. The highest BCUT2D eigenvalue weighted by Gasteiger charge is 2.32. The summed E-state index contributed by atoms with van der Waals surface area (Å²) in [6.07, 6.45) is 2.44. The Hall–Kier alpha value is -3.57. The van der Waals surface area contributed by atoms with E-state index >= 15 is 0 Å². The number of hydrogen-bond acceptors (Lipinski definition) is 9. The van der Waals surface area contributed by atoms with Crippen LogP contribution in [0.4, 0.5) is 5.69 Å². The molecule has 2 aliphatic heterocycles. The Bertz CT molecular complexity index is 876. The van der Waals surface area contributed by atoms with E-state index in [9.17, 15) is 24.0 Å². The zero-order chi connectivity index (χ0) is 22.9. The van der Waals surface area contributed by atoms with Crippen molar-refractivity contribution < 1.29 is 43.0 Å². The van der Waals surface area contributed by atoms with Gasteiger partial charge in [0, 0.05) is 25.0 Å². The molecule has 0 saturated carbocycles. The van der Waals surface area contributed by atoms with Gasteiger partial charge in [0.1, 0.15) is 12.4 Å². The number of anilines is 1. The largest absolute Gasteiger partial charge is 0.491 e. The molecule has 3 rings (SSSR count). The molecule has 0 aliphatic carbocycles. The third-order valence-corrected chi connectivity index (χ3v) is 4.42. The molecule has 0 atom stereocenters. The first-order chi connectivity index (χ1) is 15.5. The van der Waals surface area contributed by atoms with Crippen molar-refractivity contribution in [3.8, 4) is 5.75 Å². The van der Waals surface area contributed by atoms with E-state index in [1.54, 1.807) is 24.3 Å². The highest BCUT2D eigenvalue weighted by Crippen LogP contribution is 2.22. The van der Waals surface area contributed by atoms with E-state index in [1.165, 1.54) is 12.2 Å². The molecule has 0 aromatic heterocycles. The van der Waals surface area contributed by atoms with Gasteiger partial charge >= 0.3 is 5.97 Å². The van der Waals surface area contributed by atoms with E-state index < -0.39 is 17.8 Å². The van der Waals surface area contributed by atoms with Gasteiger partial charge in [-0.05, 0) is 24.3 Å².